The molecular weight excluding hydrogens is 783 g/mol. The molecule has 0 radical (unpaired) electrons. The van der Waals surface area contributed by atoms with Gasteiger partial charge in [0.1, 0.15) is 23.2 Å². The van der Waals surface area contributed by atoms with E-state index in [-0.39, 0.29) is 40.0 Å². The van der Waals surface area contributed by atoms with E-state index in [1.165, 1.54) is 10.4 Å². The number of hydrogen-bond donors (Lipinski definition) is 0. The van der Waals surface area contributed by atoms with E-state index in [0.29, 0.717) is 36.4 Å². The van der Waals surface area contributed by atoms with Gasteiger partial charge in [-0.15, -0.1) is 0 Å². The highest BCUT2D eigenvalue weighted by molar-refractivity contribution is 6.99. The molecule has 1 aliphatic rings. The molecule has 0 aliphatic carbocycles. The highest BCUT2D eigenvalue weighted by atomic mass is 28.4. The molecule has 0 bridgehead atoms. The number of cyclic esters (lactones) is 1. The van der Waals surface area contributed by atoms with Gasteiger partial charge in [0.25, 0.3) is 8.32 Å². The Hall–Kier alpha value is -4.13. The van der Waals surface area contributed by atoms with E-state index in [4.69, 9.17) is 28.6 Å². The van der Waals surface area contributed by atoms with Crippen molar-refractivity contribution in [3.63, 3.8) is 0 Å². The lowest BCUT2D eigenvalue weighted by atomic mass is 9.85. The van der Waals surface area contributed by atoms with Gasteiger partial charge < -0.3 is 23.1 Å². The molecule has 1 aliphatic heterocycles. The van der Waals surface area contributed by atoms with Gasteiger partial charge in [-0.3, -0.25) is 0 Å². The van der Waals surface area contributed by atoms with Gasteiger partial charge >= 0.3 is 5.97 Å². The minimum absolute atomic E-state index is 0.0281. The zero-order chi connectivity index (χ0) is 44.3. The number of carbonyl (C=O) groups is 1. The van der Waals surface area contributed by atoms with Crippen LogP contribution in [0.5, 0.6) is 11.5 Å². The topological polar surface area (TPSA) is 112 Å². The third-order valence-corrected chi connectivity index (χ3v) is 22.3. The van der Waals surface area contributed by atoms with E-state index in [0.717, 1.165) is 18.4 Å². The van der Waals surface area contributed by atoms with Crippen LogP contribution in [0, 0.1) is 17.8 Å². The molecule has 4 rings (SSSR count). The van der Waals surface area contributed by atoms with Crippen LogP contribution in [0.15, 0.2) is 102 Å². The third kappa shape index (κ3) is 11.6. The van der Waals surface area contributed by atoms with E-state index < -0.39 is 28.7 Å². The smallest absolute Gasteiger partial charge is 0.342 e. The van der Waals surface area contributed by atoms with Crippen LogP contribution in [-0.4, -0.2) is 61.7 Å². The van der Waals surface area contributed by atoms with Crippen LogP contribution in [-0.2, 0) is 20.0 Å². The van der Waals surface area contributed by atoms with Gasteiger partial charge in [0.05, 0.1) is 26.4 Å². The lowest BCUT2D eigenvalue weighted by Crippen LogP contribution is -2.68. The molecule has 0 saturated heterocycles. The van der Waals surface area contributed by atoms with E-state index in [1.54, 1.807) is 20.3 Å². The molecule has 0 unspecified atom stereocenters. The van der Waals surface area contributed by atoms with Crippen molar-refractivity contribution in [2.45, 2.75) is 129 Å². The monoisotopic (exact) mass is 853 g/mol. The van der Waals surface area contributed by atoms with Crippen LogP contribution in [0.2, 0.25) is 23.2 Å². The number of ether oxygens (including phenoxy) is 3. The predicted octanol–water partition coefficient (Wildman–Crippen LogP) is 11.6. The summed E-state index contributed by atoms with van der Waals surface area (Å²) in [4.78, 5) is 17.8. The molecule has 0 fully saturated rings. The Morgan fingerprint density at radius 3 is 2.02 bits per heavy atom. The van der Waals surface area contributed by atoms with Crippen molar-refractivity contribution in [2.24, 2.45) is 22.9 Å². The van der Waals surface area contributed by atoms with E-state index in [2.05, 4.69) is 164 Å². The molecule has 3 aromatic rings. The van der Waals surface area contributed by atoms with Crippen LogP contribution in [0.3, 0.4) is 0 Å². The van der Waals surface area contributed by atoms with Gasteiger partial charge in [0, 0.05) is 29.9 Å². The van der Waals surface area contributed by atoms with Crippen LogP contribution in [0.4, 0.5) is 0 Å². The SMILES string of the molecule is COc1cc2c(c(OC)c1)C(=O)O[C@H]([C@@H](C)[C@H](O[Si](C)(C)C(C)(C)C)[C@H](C)C/C=C\CN=[N+]=[N-])C/C=C/C[C@H](C)[C@H](O[Si](c1ccccc1)(c1ccccc1)C(C)(C)C)C2. The third-order valence-electron chi connectivity index (χ3n) is 12.7. The summed E-state index contributed by atoms with van der Waals surface area (Å²) in [5, 5.41) is 5.79. The second-order valence-electron chi connectivity index (χ2n) is 19.1. The summed E-state index contributed by atoms with van der Waals surface area (Å²) in [6.45, 7) is 25.0. The molecule has 0 N–H and O–H groups in total. The summed E-state index contributed by atoms with van der Waals surface area (Å²) in [6.07, 6.45) is 9.83. The van der Waals surface area contributed by atoms with Gasteiger partial charge in [-0.1, -0.05) is 152 Å². The Kier molecular flexibility index (Phi) is 17.1. The van der Waals surface area contributed by atoms with Gasteiger partial charge in [-0.25, -0.2) is 4.79 Å². The molecule has 0 saturated carbocycles. The Morgan fingerprint density at radius 1 is 0.883 bits per heavy atom. The Labute approximate surface area is 362 Å². The van der Waals surface area contributed by atoms with Gasteiger partial charge in [-0.2, -0.15) is 0 Å². The second kappa shape index (κ2) is 21.1. The lowest BCUT2D eigenvalue weighted by Gasteiger charge is -2.46. The molecule has 1 heterocycles. The van der Waals surface area contributed by atoms with E-state index >= 15 is 0 Å². The molecule has 3 aromatic carbocycles. The molecule has 60 heavy (non-hydrogen) atoms. The molecule has 326 valence electrons. The average Bonchev–Trinajstić information content (AvgIpc) is 3.20. The first-order valence-corrected chi connectivity index (χ1v) is 26.4. The number of azide groups is 1. The number of carbonyl (C=O) groups excluding carboxylic acids is 1. The highest BCUT2D eigenvalue weighted by Gasteiger charge is 2.52. The molecule has 0 amide bonds. The zero-order valence-corrected chi connectivity index (χ0v) is 40.5. The maximum absolute atomic E-state index is 14.9. The summed E-state index contributed by atoms with van der Waals surface area (Å²) in [5.74, 6) is 0.556. The minimum Gasteiger partial charge on any atom is -0.497 e. The number of methoxy groups -OCH3 is 2. The molecule has 6 atom stereocenters. The summed E-state index contributed by atoms with van der Waals surface area (Å²) in [5.41, 5.74) is 9.92. The number of fused-ring (bicyclic) bond motifs is 1. The molecule has 0 spiro atoms. The lowest BCUT2D eigenvalue weighted by molar-refractivity contribution is -0.0225. The van der Waals surface area contributed by atoms with Crippen LogP contribution in [0.25, 0.3) is 10.4 Å². The molecule has 11 heteroatoms. The van der Waals surface area contributed by atoms with Crippen molar-refractivity contribution in [1.29, 1.82) is 0 Å². The number of esters is 1. The highest BCUT2D eigenvalue weighted by Crippen LogP contribution is 2.43. The molecule has 9 nitrogen and oxygen atoms in total. The first-order valence-electron chi connectivity index (χ1n) is 21.5. The number of rotatable bonds is 15. The quantitative estimate of drug-likeness (QED) is 0.0376. The van der Waals surface area contributed by atoms with Crippen molar-refractivity contribution in [2.75, 3.05) is 20.8 Å². The van der Waals surface area contributed by atoms with Crippen LogP contribution >= 0.6 is 0 Å². The molecule has 0 aromatic heterocycles. The van der Waals surface area contributed by atoms with Gasteiger partial charge in [0.15, 0.2) is 8.32 Å². The number of benzene rings is 3. The van der Waals surface area contributed by atoms with Crippen molar-refractivity contribution < 1.29 is 27.9 Å². The number of allylic oxidation sites excluding steroid dienone is 2. The second-order valence-corrected chi connectivity index (χ2v) is 28.1. The van der Waals surface area contributed by atoms with Crippen molar-refractivity contribution in [1.82, 2.24) is 0 Å². The fourth-order valence-electron chi connectivity index (χ4n) is 8.14. The Morgan fingerprint density at radius 2 is 1.48 bits per heavy atom. The average molecular weight is 854 g/mol. The van der Waals surface area contributed by atoms with E-state index in [9.17, 15) is 4.79 Å². The summed E-state index contributed by atoms with van der Waals surface area (Å²) in [7, 11) is -2.04. The largest absolute Gasteiger partial charge is 0.497 e. The fraction of sp³-hybridized carbons (Fsp3) is 0.531. The van der Waals surface area contributed by atoms with Crippen LogP contribution in [0.1, 0.15) is 97.5 Å². The van der Waals surface area contributed by atoms with E-state index in [1.807, 2.05) is 12.1 Å². The number of hydrogen-bond acceptors (Lipinski definition) is 7. The normalized spacial score (nSPS) is 20.4. The molecular formula is C49H71N3O6Si2. The summed E-state index contributed by atoms with van der Waals surface area (Å²) >= 11 is 0. The van der Waals surface area contributed by atoms with Crippen molar-refractivity contribution in [3.05, 3.63) is 119 Å². The first-order chi connectivity index (χ1) is 28.3. The maximum atomic E-state index is 14.9. The van der Waals surface area contributed by atoms with Gasteiger partial charge in [-0.05, 0) is 81.8 Å². The Balaban J connectivity index is 1.86. The van der Waals surface area contributed by atoms with Crippen molar-refractivity contribution >= 4 is 33.0 Å². The minimum atomic E-state index is -2.99. The fourth-order valence-corrected chi connectivity index (χ4v) is 14.4. The summed E-state index contributed by atoms with van der Waals surface area (Å²) in [6, 6.07) is 25.1. The maximum Gasteiger partial charge on any atom is 0.342 e. The van der Waals surface area contributed by atoms with Crippen LogP contribution < -0.4 is 19.8 Å². The Bertz CT molecular complexity index is 1910. The number of nitrogens with zero attached hydrogens (tertiary/aromatic N) is 3. The van der Waals surface area contributed by atoms with Gasteiger partial charge in [0.2, 0.25) is 0 Å². The summed E-state index contributed by atoms with van der Waals surface area (Å²) < 4.78 is 33.6. The first kappa shape index (κ1) is 48.5. The van der Waals surface area contributed by atoms with Crippen molar-refractivity contribution in [3.8, 4) is 11.5 Å². The predicted molar refractivity (Wildman–Crippen MR) is 251 cm³/mol. The zero-order valence-electron chi connectivity index (χ0n) is 38.5. The standard InChI is InChI=1S/C49H71N3O6Si2/c1-35-24-20-21-30-42(37(3)46(58-59(12,13)48(4,5)6)36(2)25-22-23-31-51-52-50)56-47(53)45-38(32-39(54-10)34-44(45)55-11)33-43(35)57-60(49(7,8)9,40-26-16-14-17-27-40)41-28-18-15-19-29-41/h14-23,26-29,32,34-37,42-43,46H,24-25,30-31,33H2,1-13H3/b21-20+,23-22-/t35-,36+,37+,42-,43+,46+/m0/s1.